The van der Waals surface area contributed by atoms with Gasteiger partial charge < -0.3 is 5.32 Å². The molecule has 0 radical (unpaired) electrons. The molecule has 0 aliphatic rings. The molecule has 0 saturated heterocycles. The average Bonchev–Trinajstić information content (AvgIpc) is 2.37. The van der Waals surface area contributed by atoms with Crippen LogP contribution < -0.4 is 5.32 Å². The maximum absolute atomic E-state index is 14.0. The number of carbonyl (C=O) groups excluding carboxylic acids is 1. The number of nitrogens with one attached hydrogen (secondary N) is 1. The van der Waals surface area contributed by atoms with Crippen molar-refractivity contribution in [3.8, 4) is 0 Å². The van der Waals surface area contributed by atoms with E-state index in [1.165, 1.54) is 0 Å². The smallest absolute Gasteiger partial charge is 0.271 e. The van der Waals surface area contributed by atoms with Crippen LogP contribution in [0.5, 0.6) is 0 Å². The van der Waals surface area contributed by atoms with E-state index in [0.29, 0.717) is 18.6 Å². The van der Waals surface area contributed by atoms with Crippen LogP contribution in [0.4, 0.5) is 10.1 Å². The molecule has 0 atom stereocenters. The number of nitro benzene ring substituents is 1. The number of non-ortho nitro benzene ring substituents is 1. The molecule has 1 N–H and O–H groups in total. The van der Waals surface area contributed by atoms with Crippen molar-refractivity contribution in [1.29, 1.82) is 0 Å². The van der Waals surface area contributed by atoms with E-state index >= 15 is 0 Å². The third-order valence-electron chi connectivity index (χ3n) is 2.56. The zero-order valence-electron chi connectivity index (χ0n) is 10.9. The van der Waals surface area contributed by atoms with Crippen LogP contribution in [0.1, 0.15) is 30.1 Å². The van der Waals surface area contributed by atoms with Gasteiger partial charge in [0.05, 0.1) is 10.5 Å². The summed E-state index contributed by atoms with van der Waals surface area (Å²) in [7, 11) is 0.464. The maximum Gasteiger partial charge on any atom is 0.271 e. The molecule has 0 aromatic heterocycles. The first kappa shape index (κ1) is 17.3. The van der Waals surface area contributed by atoms with Crippen LogP contribution in [0.2, 0.25) is 0 Å². The van der Waals surface area contributed by atoms with E-state index in [4.69, 9.17) is 10.7 Å². The molecule has 0 spiro atoms. The van der Waals surface area contributed by atoms with Gasteiger partial charge in [-0.2, -0.15) is 0 Å². The van der Waals surface area contributed by atoms with E-state index in [2.05, 4.69) is 5.32 Å². The van der Waals surface area contributed by atoms with Crippen molar-refractivity contribution in [2.75, 3.05) is 6.54 Å². The summed E-state index contributed by atoms with van der Waals surface area (Å²) in [6, 6.07) is 1.14. The molecule has 0 aliphatic heterocycles. The van der Waals surface area contributed by atoms with E-state index in [1.54, 1.807) is 0 Å². The molecule has 0 bridgehead atoms. The first-order valence-corrected chi connectivity index (χ1v) is 8.20. The quantitative estimate of drug-likeness (QED) is 0.370. The van der Waals surface area contributed by atoms with Gasteiger partial charge in [-0.15, -0.1) is 0 Å². The number of amides is 1. The van der Waals surface area contributed by atoms with Crippen molar-refractivity contribution in [3.63, 3.8) is 0 Å². The lowest BCUT2D eigenvalue weighted by atomic mass is 10.1. The summed E-state index contributed by atoms with van der Waals surface area (Å²) >= 11 is 0. The van der Waals surface area contributed by atoms with Crippen molar-refractivity contribution in [2.24, 2.45) is 0 Å². The lowest BCUT2D eigenvalue weighted by Crippen LogP contribution is -2.26. The predicted octanol–water partition coefficient (Wildman–Crippen LogP) is 2.19. The van der Waals surface area contributed by atoms with Crippen molar-refractivity contribution in [1.82, 2.24) is 5.32 Å². The van der Waals surface area contributed by atoms with Crippen LogP contribution in [-0.2, 0) is 9.05 Å². The summed E-state index contributed by atoms with van der Waals surface area (Å²) in [5, 5.41) is 13.1. The number of nitro groups is 1. The highest BCUT2D eigenvalue weighted by Gasteiger charge is 2.27. The molecule has 1 aromatic carbocycles. The van der Waals surface area contributed by atoms with E-state index < -0.39 is 41.8 Å². The van der Waals surface area contributed by atoms with Gasteiger partial charge in [0.1, 0.15) is 4.90 Å². The van der Waals surface area contributed by atoms with E-state index in [0.717, 1.165) is 6.42 Å². The van der Waals surface area contributed by atoms with Gasteiger partial charge in [-0.3, -0.25) is 14.9 Å². The Morgan fingerprint density at radius 3 is 2.57 bits per heavy atom. The number of halogens is 2. The molecule has 0 fully saturated rings. The molecule has 7 nitrogen and oxygen atoms in total. The van der Waals surface area contributed by atoms with Crippen LogP contribution in [0.3, 0.4) is 0 Å². The second-order valence-electron chi connectivity index (χ2n) is 4.11. The molecule has 21 heavy (non-hydrogen) atoms. The number of nitrogens with zero attached hydrogens (tertiary/aromatic N) is 1. The Hall–Kier alpha value is -1.74. The zero-order valence-corrected chi connectivity index (χ0v) is 12.5. The van der Waals surface area contributed by atoms with Gasteiger partial charge in [0.25, 0.3) is 20.6 Å². The first-order valence-electron chi connectivity index (χ1n) is 5.89. The standard InChI is InChI=1S/C11H12ClFN2O5S/c1-2-3-4-14-11(16)8-5-7(15(17)18)6-9(10(8)13)21(12,19)20/h5-6H,2-4H2,1H3,(H,14,16). The fraction of sp³-hybridized carbons (Fsp3) is 0.364. The van der Waals surface area contributed by atoms with Crippen LogP contribution in [-0.4, -0.2) is 25.8 Å². The van der Waals surface area contributed by atoms with Gasteiger partial charge in [-0.25, -0.2) is 12.8 Å². The molecular weight excluding hydrogens is 327 g/mol. The normalized spacial score (nSPS) is 11.2. The van der Waals surface area contributed by atoms with Crippen LogP contribution in [0, 0.1) is 15.9 Å². The number of unbranched alkanes of at least 4 members (excludes halogenated alkanes) is 1. The number of carbonyl (C=O) groups is 1. The monoisotopic (exact) mass is 338 g/mol. The third kappa shape index (κ3) is 4.36. The molecule has 116 valence electrons. The van der Waals surface area contributed by atoms with Crippen LogP contribution in [0.25, 0.3) is 0 Å². The minimum Gasteiger partial charge on any atom is -0.352 e. The predicted molar refractivity (Wildman–Crippen MR) is 73.3 cm³/mol. The van der Waals surface area contributed by atoms with E-state index in [1.807, 2.05) is 6.92 Å². The Labute approximate surface area is 124 Å². The lowest BCUT2D eigenvalue weighted by molar-refractivity contribution is -0.385. The SMILES string of the molecule is CCCCNC(=O)c1cc([N+](=O)[O-])cc(S(=O)(=O)Cl)c1F. The summed E-state index contributed by atoms with van der Waals surface area (Å²) in [6.07, 6.45) is 1.40. The van der Waals surface area contributed by atoms with Crippen molar-refractivity contribution in [2.45, 2.75) is 24.7 Å². The molecular formula is C11H12ClFN2O5S. The Kier molecular flexibility index (Phi) is 5.62. The molecule has 0 saturated carbocycles. The van der Waals surface area contributed by atoms with Gasteiger partial charge in [0.15, 0.2) is 5.82 Å². The number of hydrogen-bond donors (Lipinski definition) is 1. The number of rotatable bonds is 6. The third-order valence-corrected chi connectivity index (χ3v) is 3.88. The molecule has 10 heteroatoms. The van der Waals surface area contributed by atoms with Gasteiger partial charge in [-0.05, 0) is 6.42 Å². The second-order valence-corrected chi connectivity index (χ2v) is 6.64. The number of benzene rings is 1. The van der Waals surface area contributed by atoms with Gasteiger partial charge >= 0.3 is 0 Å². The maximum atomic E-state index is 14.0. The highest BCUT2D eigenvalue weighted by Crippen LogP contribution is 2.27. The second kappa shape index (κ2) is 6.81. The number of hydrogen-bond acceptors (Lipinski definition) is 5. The van der Waals surface area contributed by atoms with E-state index in [9.17, 15) is 27.7 Å². The highest BCUT2D eigenvalue weighted by atomic mass is 35.7. The topological polar surface area (TPSA) is 106 Å². The van der Waals surface area contributed by atoms with Gasteiger partial charge in [-0.1, -0.05) is 13.3 Å². The molecule has 1 rings (SSSR count). The Morgan fingerprint density at radius 1 is 1.48 bits per heavy atom. The highest BCUT2D eigenvalue weighted by molar-refractivity contribution is 8.13. The summed E-state index contributed by atoms with van der Waals surface area (Å²) in [4.78, 5) is 20.5. The van der Waals surface area contributed by atoms with Crippen molar-refractivity contribution >= 4 is 31.3 Å². The molecule has 1 amide bonds. The summed E-state index contributed by atoms with van der Waals surface area (Å²) in [5.74, 6) is -2.35. The van der Waals surface area contributed by atoms with E-state index in [-0.39, 0.29) is 6.54 Å². The summed E-state index contributed by atoms with van der Waals surface area (Å²) in [5.41, 5.74) is -1.48. The molecule has 0 aliphatic carbocycles. The largest absolute Gasteiger partial charge is 0.352 e. The van der Waals surface area contributed by atoms with Crippen LogP contribution >= 0.6 is 10.7 Å². The molecule has 0 unspecified atom stereocenters. The van der Waals surface area contributed by atoms with Crippen molar-refractivity contribution < 1.29 is 22.5 Å². The minimum atomic E-state index is -4.56. The lowest BCUT2D eigenvalue weighted by Gasteiger charge is -2.07. The fourth-order valence-corrected chi connectivity index (χ4v) is 2.43. The van der Waals surface area contributed by atoms with Crippen LogP contribution in [0.15, 0.2) is 17.0 Å². The first-order chi connectivity index (χ1) is 9.68. The molecule has 0 heterocycles. The average molecular weight is 339 g/mol. The molecule has 1 aromatic rings. The Balaban J connectivity index is 3.34. The Bertz CT molecular complexity index is 677. The zero-order chi connectivity index (χ0) is 16.2. The van der Waals surface area contributed by atoms with Gasteiger partial charge in [0, 0.05) is 29.4 Å². The minimum absolute atomic E-state index is 0.237. The van der Waals surface area contributed by atoms with Crippen molar-refractivity contribution in [3.05, 3.63) is 33.6 Å². The Morgan fingerprint density at radius 2 is 2.10 bits per heavy atom. The van der Waals surface area contributed by atoms with Gasteiger partial charge in [0.2, 0.25) is 0 Å². The summed E-state index contributed by atoms with van der Waals surface area (Å²) < 4.78 is 36.5. The fourth-order valence-electron chi connectivity index (χ4n) is 1.51. The summed E-state index contributed by atoms with van der Waals surface area (Å²) in [6.45, 7) is 2.11.